The Bertz CT molecular complexity index is 481. The number of carbonyl (C=O) groups is 1. The quantitative estimate of drug-likeness (QED) is 0.0603. The van der Waals surface area contributed by atoms with Crippen LogP contribution in [0.15, 0.2) is 12.2 Å². The summed E-state index contributed by atoms with van der Waals surface area (Å²) in [6.07, 6.45) is 25.6. The highest BCUT2D eigenvalue weighted by Crippen LogP contribution is 2.09. The molecule has 1 atom stereocenters. The van der Waals surface area contributed by atoms with E-state index in [1.807, 2.05) is 6.08 Å². The van der Waals surface area contributed by atoms with Crippen molar-refractivity contribution in [3.63, 3.8) is 0 Å². The van der Waals surface area contributed by atoms with Crippen LogP contribution in [0.2, 0.25) is 0 Å². The van der Waals surface area contributed by atoms with E-state index < -0.39 is 0 Å². The Morgan fingerprint density at radius 1 is 0.667 bits per heavy atom. The highest BCUT2D eigenvalue weighted by Gasteiger charge is 2.12. The molecule has 0 aromatic carbocycles. The molecule has 0 aromatic heterocycles. The minimum Gasteiger partial charge on any atom is -0.461 e. The van der Waals surface area contributed by atoms with Crippen molar-refractivity contribution in [2.75, 3.05) is 47.1 Å². The van der Waals surface area contributed by atoms with Crippen LogP contribution in [-0.4, -0.2) is 64.0 Å². The summed E-state index contributed by atoms with van der Waals surface area (Å²) in [4.78, 5) is 14.0. The van der Waals surface area contributed by atoms with Gasteiger partial charge in [0.05, 0.1) is 19.3 Å². The SMILES string of the molecule is CCCCCCCC/C=C\COC(=O)CCCCCOCC(COCCCCCCCCC)N(C)C. The number of hydrogen-bond acceptors (Lipinski definition) is 5. The van der Waals surface area contributed by atoms with E-state index in [0.29, 0.717) is 25.7 Å². The second-order valence-electron chi connectivity index (χ2n) is 10.4. The first-order valence-electron chi connectivity index (χ1n) is 15.2. The van der Waals surface area contributed by atoms with Gasteiger partial charge in [0, 0.05) is 19.6 Å². The Morgan fingerprint density at radius 2 is 1.17 bits per heavy atom. The molecule has 0 heterocycles. The zero-order valence-corrected chi connectivity index (χ0v) is 24.6. The summed E-state index contributed by atoms with van der Waals surface area (Å²) in [6.45, 7) is 7.91. The average molecular weight is 512 g/mol. The normalized spacial score (nSPS) is 12.6. The van der Waals surface area contributed by atoms with E-state index in [-0.39, 0.29) is 5.97 Å². The summed E-state index contributed by atoms with van der Waals surface area (Å²) in [5.41, 5.74) is 0. The van der Waals surface area contributed by atoms with Crippen molar-refractivity contribution in [3.05, 3.63) is 12.2 Å². The molecule has 0 aliphatic heterocycles. The number of esters is 1. The summed E-state index contributed by atoms with van der Waals surface area (Å²) >= 11 is 0. The third-order valence-corrected chi connectivity index (χ3v) is 6.64. The third-order valence-electron chi connectivity index (χ3n) is 6.64. The predicted molar refractivity (Wildman–Crippen MR) is 154 cm³/mol. The average Bonchev–Trinajstić information content (AvgIpc) is 2.86. The van der Waals surface area contributed by atoms with Gasteiger partial charge in [-0.3, -0.25) is 4.79 Å². The molecule has 0 aromatic rings. The highest BCUT2D eigenvalue weighted by molar-refractivity contribution is 5.69. The Hall–Kier alpha value is -0.910. The van der Waals surface area contributed by atoms with Gasteiger partial charge >= 0.3 is 5.97 Å². The zero-order valence-electron chi connectivity index (χ0n) is 24.6. The summed E-state index contributed by atoms with van der Waals surface area (Å²) < 4.78 is 17.1. The standard InChI is InChI=1S/C31H61NO4/c1-5-7-9-11-13-14-16-18-23-27-36-31(33)24-20-19-22-26-35-29-30(32(3)4)28-34-25-21-17-15-12-10-8-6-2/h18,23,30H,5-17,19-22,24-29H2,1-4H3/b23-18-. The Balaban J connectivity index is 3.54. The van der Waals surface area contributed by atoms with Crippen molar-refractivity contribution >= 4 is 5.97 Å². The fourth-order valence-corrected chi connectivity index (χ4v) is 4.04. The number of ether oxygens (including phenoxy) is 3. The molecule has 214 valence electrons. The van der Waals surface area contributed by atoms with E-state index >= 15 is 0 Å². The maximum atomic E-state index is 11.9. The van der Waals surface area contributed by atoms with Crippen LogP contribution < -0.4 is 0 Å². The molecule has 5 heteroatoms. The van der Waals surface area contributed by atoms with Gasteiger partial charge in [-0.2, -0.15) is 0 Å². The van der Waals surface area contributed by atoms with E-state index in [1.165, 1.54) is 77.0 Å². The monoisotopic (exact) mass is 511 g/mol. The number of nitrogens with zero attached hydrogens (tertiary/aromatic N) is 1. The molecule has 0 saturated carbocycles. The fourth-order valence-electron chi connectivity index (χ4n) is 4.04. The molecule has 0 aliphatic carbocycles. The van der Waals surface area contributed by atoms with E-state index in [4.69, 9.17) is 14.2 Å². The molecular weight excluding hydrogens is 450 g/mol. The number of likely N-dealkylation sites (N-methyl/N-ethyl adjacent to an activating group) is 1. The zero-order chi connectivity index (χ0) is 26.5. The van der Waals surface area contributed by atoms with E-state index in [1.54, 1.807) is 0 Å². The number of unbranched alkanes of at least 4 members (excludes halogenated alkanes) is 14. The summed E-state index contributed by atoms with van der Waals surface area (Å²) in [6, 6.07) is 0.290. The van der Waals surface area contributed by atoms with Crippen LogP contribution in [0.1, 0.15) is 129 Å². The van der Waals surface area contributed by atoms with Crippen molar-refractivity contribution in [1.82, 2.24) is 4.90 Å². The number of hydrogen-bond donors (Lipinski definition) is 0. The van der Waals surface area contributed by atoms with E-state index in [2.05, 4.69) is 38.9 Å². The molecule has 0 aliphatic rings. The van der Waals surface area contributed by atoms with Gasteiger partial charge in [0.25, 0.3) is 0 Å². The number of carbonyl (C=O) groups excluding carboxylic acids is 1. The smallest absolute Gasteiger partial charge is 0.306 e. The minimum absolute atomic E-state index is 0.0917. The highest BCUT2D eigenvalue weighted by atomic mass is 16.5. The Morgan fingerprint density at radius 3 is 1.72 bits per heavy atom. The van der Waals surface area contributed by atoms with Crippen LogP contribution >= 0.6 is 0 Å². The van der Waals surface area contributed by atoms with E-state index in [9.17, 15) is 4.79 Å². The van der Waals surface area contributed by atoms with Crippen molar-refractivity contribution in [2.24, 2.45) is 0 Å². The molecule has 1 unspecified atom stereocenters. The van der Waals surface area contributed by atoms with Crippen LogP contribution in [0.3, 0.4) is 0 Å². The molecule has 36 heavy (non-hydrogen) atoms. The molecule has 5 nitrogen and oxygen atoms in total. The molecule has 0 fully saturated rings. The van der Waals surface area contributed by atoms with Crippen molar-refractivity contribution < 1.29 is 19.0 Å². The molecule has 0 amide bonds. The van der Waals surface area contributed by atoms with Crippen molar-refractivity contribution in [2.45, 2.75) is 135 Å². The first kappa shape index (κ1) is 35.1. The maximum absolute atomic E-state index is 11.9. The molecule has 0 spiro atoms. The van der Waals surface area contributed by atoms with Gasteiger partial charge in [0.15, 0.2) is 0 Å². The molecular formula is C31H61NO4. The first-order chi connectivity index (χ1) is 17.6. The minimum atomic E-state index is -0.0917. The summed E-state index contributed by atoms with van der Waals surface area (Å²) in [5.74, 6) is -0.0917. The molecule has 0 rings (SSSR count). The molecule has 0 bridgehead atoms. The van der Waals surface area contributed by atoms with Crippen molar-refractivity contribution in [3.8, 4) is 0 Å². The van der Waals surface area contributed by atoms with Crippen LogP contribution in [0.5, 0.6) is 0 Å². The van der Waals surface area contributed by atoms with Crippen LogP contribution in [0.4, 0.5) is 0 Å². The van der Waals surface area contributed by atoms with Gasteiger partial charge < -0.3 is 19.1 Å². The fraction of sp³-hybridized carbons (Fsp3) is 0.903. The lowest BCUT2D eigenvalue weighted by atomic mass is 10.1. The van der Waals surface area contributed by atoms with Crippen molar-refractivity contribution in [1.29, 1.82) is 0 Å². The summed E-state index contributed by atoms with van der Waals surface area (Å²) in [7, 11) is 4.17. The van der Waals surface area contributed by atoms with Gasteiger partial charge in [-0.05, 0) is 46.2 Å². The van der Waals surface area contributed by atoms with Gasteiger partial charge in [-0.1, -0.05) is 103 Å². The first-order valence-corrected chi connectivity index (χ1v) is 15.2. The maximum Gasteiger partial charge on any atom is 0.306 e. The molecule has 0 saturated heterocycles. The Labute approximate surface area is 224 Å². The second kappa shape index (κ2) is 28.7. The lowest BCUT2D eigenvalue weighted by Gasteiger charge is -2.24. The summed E-state index contributed by atoms with van der Waals surface area (Å²) in [5, 5.41) is 0. The van der Waals surface area contributed by atoms with Gasteiger partial charge in [-0.15, -0.1) is 0 Å². The van der Waals surface area contributed by atoms with E-state index in [0.717, 1.165) is 51.9 Å². The largest absolute Gasteiger partial charge is 0.461 e. The van der Waals surface area contributed by atoms with Crippen LogP contribution in [0, 0.1) is 0 Å². The van der Waals surface area contributed by atoms with Crippen LogP contribution in [0.25, 0.3) is 0 Å². The number of rotatable bonds is 28. The molecule has 0 N–H and O–H groups in total. The van der Waals surface area contributed by atoms with Crippen LogP contribution in [-0.2, 0) is 19.0 Å². The number of allylic oxidation sites excluding steroid dienone is 1. The third kappa shape index (κ3) is 26.2. The van der Waals surface area contributed by atoms with Gasteiger partial charge in [0.1, 0.15) is 6.61 Å². The predicted octanol–water partition coefficient (Wildman–Crippen LogP) is 8.11. The lowest BCUT2D eigenvalue weighted by molar-refractivity contribution is -0.142. The topological polar surface area (TPSA) is 48.0 Å². The molecule has 0 radical (unpaired) electrons. The lowest BCUT2D eigenvalue weighted by Crippen LogP contribution is -2.37. The van der Waals surface area contributed by atoms with Gasteiger partial charge in [0.2, 0.25) is 0 Å². The van der Waals surface area contributed by atoms with Gasteiger partial charge in [-0.25, -0.2) is 0 Å². The Kier molecular flexibility index (Phi) is 27.9. The second-order valence-corrected chi connectivity index (χ2v) is 10.4.